The van der Waals surface area contributed by atoms with Crippen molar-refractivity contribution in [3.05, 3.63) is 0 Å². The zero-order chi connectivity index (χ0) is 14.3. The highest BCUT2D eigenvalue weighted by Gasteiger charge is 2.45. The minimum Gasteiger partial charge on any atom is -0.329 e. The van der Waals surface area contributed by atoms with Crippen LogP contribution in [-0.2, 0) is 0 Å². The molecule has 3 heteroatoms. The normalized spacial score (nSPS) is 36.0. The zero-order valence-electron chi connectivity index (χ0n) is 13.6. The molecule has 0 aliphatic carbocycles. The van der Waals surface area contributed by atoms with Gasteiger partial charge in [0.05, 0.1) is 0 Å². The SMILES string of the molecule is CC1CC(CN)(N2CCC(C(C)(C)C)CC2)CN1C. The van der Waals surface area contributed by atoms with E-state index in [9.17, 15) is 0 Å². The van der Waals surface area contributed by atoms with Crippen molar-refractivity contribution >= 4 is 0 Å². The Morgan fingerprint density at radius 1 is 1.21 bits per heavy atom. The van der Waals surface area contributed by atoms with Gasteiger partial charge in [0, 0.05) is 24.7 Å². The third-order valence-corrected chi connectivity index (χ3v) is 5.74. The molecule has 0 aromatic rings. The molecule has 0 spiro atoms. The van der Waals surface area contributed by atoms with Gasteiger partial charge in [0.25, 0.3) is 0 Å². The van der Waals surface area contributed by atoms with Crippen LogP contribution < -0.4 is 5.73 Å². The second-order valence-corrected chi connectivity index (χ2v) is 8.02. The predicted molar refractivity (Wildman–Crippen MR) is 82.2 cm³/mol. The summed E-state index contributed by atoms with van der Waals surface area (Å²) < 4.78 is 0. The van der Waals surface area contributed by atoms with Gasteiger partial charge in [-0.15, -0.1) is 0 Å². The van der Waals surface area contributed by atoms with E-state index < -0.39 is 0 Å². The van der Waals surface area contributed by atoms with Gasteiger partial charge in [-0.05, 0) is 57.7 Å². The molecule has 0 radical (unpaired) electrons. The van der Waals surface area contributed by atoms with Gasteiger partial charge in [-0.3, -0.25) is 4.90 Å². The van der Waals surface area contributed by atoms with Crippen LogP contribution in [0.4, 0.5) is 0 Å². The van der Waals surface area contributed by atoms with Crippen molar-refractivity contribution in [1.82, 2.24) is 9.80 Å². The Labute approximate surface area is 119 Å². The van der Waals surface area contributed by atoms with Crippen molar-refractivity contribution in [3.63, 3.8) is 0 Å². The minimum absolute atomic E-state index is 0.247. The summed E-state index contributed by atoms with van der Waals surface area (Å²) in [6, 6.07) is 0.670. The number of nitrogens with two attached hydrogens (primary N) is 1. The molecule has 0 bridgehead atoms. The summed E-state index contributed by atoms with van der Waals surface area (Å²) in [4.78, 5) is 5.18. The Kier molecular flexibility index (Phi) is 4.29. The Hall–Kier alpha value is -0.120. The lowest BCUT2D eigenvalue weighted by Gasteiger charge is -2.47. The van der Waals surface area contributed by atoms with Gasteiger partial charge in [-0.1, -0.05) is 20.8 Å². The molecule has 2 aliphatic heterocycles. The van der Waals surface area contributed by atoms with E-state index in [2.05, 4.69) is 44.5 Å². The molecule has 0 amide bonds. The van der Waals surface area contributed by atoms with Gasteiger partial charge in [0.15, 0.2) is 0 Å². The monoisotopic (exact) mass is 267 g/mol. The second-order valence-electron chi connectivity index (χ2n) is 8.02. The highest BCUT2D eigenvalue weighted by molar-refractivity contribution is 5.03. The van der Waals surface area contributed by atoms with Gasteiger partial charge in [-0.25, -0.2) is 0 Å². The van der Waals surface area contributed by atoms with Gasteiger partial charge in [0.1, 0.15) is 0 Å². The van der Waals surface area contributed by atoms with E-state index in [1.54, 1.807) is 0 Å². The second kappa shape index (κ2) is 5.34. The zero-order valence-corrected chi connectivity index (χ0v) is 13.6. The molecule has 0 aromatic carbocycles. The van der Waals surface area contributed by atoms with E-state index in [1.165, 1.54) is 32.4 Å². The molecule has 0 aromatic heterocycles. The van der Waals surface area contributed by atoms with E-state index in [0.29, 0.717) is 11.5 Å². The maximum atomic E-state index is 6.18. The van der Waals surface area contributed by atoms with Crippen LogP contribution in [0.1, 0.15) is 47.0 Å². The highest BCUT2D eigenvalue weighted by Crippen LogP contribution is 2.38. The van der Waals surface area contributed by atoms with E-state index in [-0.39, 0.29) is 5.54 Å². The van der Waals surface area contributed by atoms with E-state index >= 15 is 0 Å². The molecule has 2 heterocycles. The lowest BCUT2D eigenvalue weighted by atomic mass is 9.74. The predicted octanol–water partition coefficient (Wildman–Crippen LogP) is 2.17. The van der Waals surface area contributed by atoms with Crippen molar-refractivity contribution in [2.75, 3.05) is 33.2 Å². The Morgan fingerprint density at radius 2 is 1.79 bits per heavy atom. The van der Waals surface area contributed by atoms with Crippen LogP contribution in [0.3, 0.4) is 0 Å². The van der Waals surface area contributed by atoms with Crippen LogP contribution in [0.5, 0.6) is 0 Å². The molecule has 2 unspecified atom stereocenters. The highest BCUT2D eigenvalue weighted by atomic mass is 15.3. The average molecular weight is 267 g/mol. The Bertz CT molecular complexity index is 290. The lowest BCUT2D eigenvalue weighted by Crippen LogP contribution is -2.58. The van der Waals surface area contributed by atoms with Gasteiger partial charge >= 0.3 is 0 Å². The van der Waals surface area contributed by atoms with Gasteiger partial charge in [0.2, 0.25) is 0 Å². The summed E-state index contributed by atoms with van der Waals surface area (Å²) in [6.45, 7) is 13.9. The van der Waals surface area contributed by atoms with Crippen LogP contribution in [0, 0.1) is 11.3 Å². The summed E-state index contributed by atoms with van der Waals surface area (Å²) in [5, 5.41) is 0. The van der Waals surface area contributed by atoms with Crippen LogP contribution in [0.25, 0.3) is 0 Å². The van der Waals surface area contributed by atoms with Crippen LogP contribution >= 0.6 is 0 Å². The quantitative estimate of drug-likeness (QED) is 0.832. The summed E-state index contributed by atoms with van der Waals surface area (Å²) in [5.74, 6) is 0.870. The van der Waals surface area contributed by atoms with Gasteiger partial charge in [-0.2, -0.15) is 0 Å². The van der Waals surface area contributed by atoms with Crippen LogP contribution in [-0.4, -0.2) is 54.6 Å². The molecule has 2 rings (SSSR count). The van der Waals surface area contributed by atoms with E-state index in [4.69, 9.17) is 5.73 Å². The fourth-order valence-electron chi connectivity index (χ4n) is 4.12. The first-order chi connectivity index (χ1) is 8.78. The first-order valence-corrected chi connectivity index (χ1v) is 7.94. The molecule has 2 atom stereocenters. The number of likely N-dealkylation sites (N-methyl/N-ethyl adjacent to an activating group) is 1. The topological polar surface area (TPSA) is 32.5 Å². The molecule has 2 fully saturated rings. The van der Waals surface area contributed by atoms with Crippen molar-refractivity contribution in [1.29, 1.82) is 0 Å². The fraction of sp³-hybridized carbons (Fsp3) is 1.00. The first-order valence-electron chi connectivity index (χ1n) is 7.94. The maximum Gasteiger partial charge on any atom is 0.0473 e. The van der Waals surface area contributed by atoms with Gasteiger partial charge < -0.3 is 10.6 Å². The number of hydrogen-bond donors (Lipinski definition) is 1. The Morgan fingerprint density at radius 3 is 2.16 bits per heavy atom. The average Bonchev–Trinajstić information content (AvgIpc) is 2.65. The third kappa shape index (κ3) is 2.98. The molecule has 3 nitrogen and oxygen atoms in total. The molecule has 0 saturated carbocycles. The molecule has 2 N–H and O–H groups in total. The fourth-order valence-corrected chi connectivity index (χ4v) is 4.12. The smallest absolute Gasteiger partial charge is 0.0473 e. The van der Waals surface area contributed by atoms with Crippen molar-refractivity contribution in [2.24, 2.45) is 17.1 Å². The number of likely N-dealkylation sites (tertiary alicyclic amines) is 2. The maximum absolute atomic E-state index is 6.18. The molecular weight excluding hydrogens is 234 g/mol. The largest absolute Gasteiger partial charge is 0.329 e. The number of hydrogen-bond acceptors (Lipinski definition) is 3. The van der Waals surface area contributed by atoms with E-state index in [0.717, 1.165) is 19.0 Å². The van der Waals surface area contributed by atoms with Crippen LogP contribution in [0.15, 0.2) is 0 Å². The lowest BCUT2D eigenvalue weighted by molar-refractivity contribution is 0.0349. The minimum atomic E-state index is 0.247. The molecule has 2 saturated heterocycles. The molecular formula is C16H33N3. The van der Waals surface area contributed by atoms with Crippen molar-refractivity contribution in [2.45, 2.75) is 58.5 Å². The standard InChI is InChI=1S/C16H33N3/c1-13-10-16(11-17,12-18(13)5)19-8-6-14(7-9-19)15(2,3)4/h13-14H,6-12,17H2,1-5H3. The van der Waals surface area contributed by atoms with Crippen molar-refractivity contribution < 1.29 is 0 Å². The molecule has 112 valence electrons. The molecule has 19 heavy (non-hydrogen) atoms. The first kappa shape index (κ1) is 15.3. The van der Waals surface area contributed by atoms with E-state index in [1.807, 2.05) is 0 Å². The summed E-state index contributed by atoms with van der Waals surface area (Å²) in [5.41, 5.74) is 6.88. The van der Waals surface area contributed by atoms with Crippen LogP contribution in [0.2, 0.25) is 0 Å². The summed E-state index contributed by atoms with van der Waals surface area (Å²) in [6.07, 6.45) is 3.91. The number of nitrogens with zero attached hydrogens (tertiary/aromatic N) is 2. The summed E-state index contributed by atoms with van der Waals surface area (Å²) in [7, 11) is 2.24. The number of rotatable bonds is 2. The summed E-state index contributed by atoms with van der Waals surface area (Å²) >= 11 is 0. The Balaban J connectivity index is 2.00. The number of piperidine rings is 1. The van der Waals surface area contributed by atoms with Crippen molar-refractivity contribution in [3.8, 4) is 0 Å². The molecule has 2 aliphatic rings. The third-order valence-electron chi connectivity index (χ3n) is 5.74.